The number of nitrogens with one attached hydrogen (secondary N) is 1. The Labute approximate surface area is 73.6 Å². The lowest BCUT2D eigenvalue weighted by Crippen LogP contribution is -2.18. The van der Waals surface area contributed by atoms with Gasteiger partial charge in [-0.3, -0.25) is 0 Å². The molecule has 0 spiro atoms. The molecule has 0 aromatic carbocycles. The fourth-order valence-corrected chi connectivity index (χ4v) is 2.34. The number of rotatable bonds is 3. The Kier molecular flexibility index (Phi) is 4.02. The normalized spacial score (nSPS) is 28.0. The number of thioether (sulfide) groups is 1. The summed E-state index contributed by atoms with van der Waals surface area (Å²) in [6.07, 6.45) is 6.01. The van der Waals surface area contributed by atoms with Crippen molar-refractivity contribution < 1.29 is 0 Å². The van der Waals surface area contributed by atoms with Crippen molar-refractivity contribution in [2.75, 3.05) is 18.6 Å². The minimum Gasteiger partial charge on any atom is -0.314 e. The average Bonchev–Trinajstić information content (AvgIpc) is 2.52. The fraction of sp³-hybridized carbons (Fsp3) is 0.778. The smallest absolute Gasteiger partial charge is 0.0218 e. The largest absolute Gasteiger partial charge is 0.314 e. The summed E-state index contributed by atoms with van der Waals surface area (Å²) in [6.45, 7) is 2.18. The van der Waals surface area contributed by atoms with Crippen molar-refractivity contribution in [1.82, 2.24) is 5.32 Å². The highest BCUT2D eigenvalue weighted by atomic mass is 32.2. The van der Waals surface area contributed by atoms with Crippen LogP contribution in [0.5, 0.6) is 0 Å². The first-order valence-corrected chi connectivity index (χ1v) is 5.41. The Morgan fingerprint density at radius 1 is 1.64 bits per heavy atom. The average molecular weight is 171 g/mol. The Hall–Kier alpha value is 0.0500. The predicted octanol–water partition coefficient (Wildman–Crippen LogP) is 1.90. The molecule has 2 heteroatoms. The highest BCUT2D eigenvalue weighted by molar-refractivity contribution is 7.99. The third-order valence-electron chi connectivity index (χ3n) is 2.09. The van der Waals surface area contributed by atoms with E-state index in [1.165, 1.54) is 17.9 Å². The molecule has 1 N–H and O–H groups in total. The molecule has 0 amide bonds. The number of hydrogen-bond donors (Lipinski definition) is 1. The van der Waals surface area contributed by atoms with E-state index in [-0.39, 0.29) is 0 Å². The maximum atomic E-state index is 3.20. The van der Waals surface area contributed by atoms with E-state index in [1.807, 2.05) is 7.05 Å². The van der Waals surface area contributed by atoms with Gasteiger partial charge in [-0.1, -0.05) is 12.2 Å². The van der Waals surface area contributed by atoms with E-state index >= 15 is 0 Å². The van der Waals surface area contributed by atoms with Crippen LogP contribution in [-0.2, 0) is 0 Å². The van der Waals surface area contributed by atoms with Crippen molar-refractivity contribution in [2.45, 2.75) is 19.4 Å². The van der Waals surface area contributed by atoms with E-state index < -0.39 is 0 Å². The van der Waals surface area contributed by atoms with E-state index in [2.05, 4.69) is 36.2 Å². The molecule has 1 heterocycles. The first kappa shape index (κ1) is 9.14. The maximum absolute atomic E-state index is 3.20. The van der Waals surface area contributed by atoms with Crippen LogP contribution in [0.3, 0.4) is 0 Å². The van der Waals surface area contributed by atoms with Gasteiger partial charge < -0.3 is 5.32 Å². The second kappa shape index (κ2) is 4.83. The standard InChI is InChI=1S/C9H17NS/c1-8(10-2)3-4-9-5-6-11-7-9/h3-4,8-10H,5-7H2,1-2H3/b4-3+. The van der Waals surface area contributed by atoms with E-state index in [1.54, 1.807) is 0 Å². The maximum Gasteiger partial charge on any atom is 0.0218 e. The Morgan fingerprint density at radius 3 is 3.00 bits per heavy atom. The minimum atomic E-state index is 0.528. The molecule has 0 bridgehead atoms. The van der Waals surface area contributed by atoms with Gasteiger partial charge in [-0.15, -0.1) is 0 Å². The third kappa shape index (κ3) is 3.30. The lowest BCUT2D eigenvalue weighted by atomic mass is 10.1. The lowest BCUT2D eigenvalue weighted by Gasteiger charge is -2.04. The van der Waals surface area contributed by atoms with E-state index in [4.69, 9.17) is 0 Å². The van der Waals surface area contributed by atoms with Gasteiger partial charge in [-0.05, 0) is 37.8 Å². The van der Waals surface area contributed by atoms with Gasteiger partial charge in [0.2, 0.25) is 0 Å². The van der Waals surface area contributed by atoms with Crippen LogP contribution in [0.25, 0.3) is 0 Å². The molecule has 2 unspecified atom stereocenters. The molecule has 0 aromatic rings. The van der Waals surface area contributed by atoms with Crippen LogP contribution in [0, 0.1) is 5.92 Å². The number of likely N-dealkylation sites (N-methyl/N-ethyl adjacent to an activating group) is 1. The molecule has 1 nitrogen and oxygen atoms in total. The molecule has 1 fully saturated rings. The summed E-state index contributed by atoms with van der Waals surface area (Å²) in [5.41, 5.74) is 0. The zero-order valence-corrected chi connectivity index (χ0v) is 8.16. The first-order valence-electron chi connectivity index (χ1n) is 4.26. The summed E-state index contributed by atoms with van der Waals surface area (Å²) in [7, 11) is 2.00. The molecular formula is C9H17NS. The highest BCUT2D eigenvalue weighted by Gasteiger charge is 2.11. The molecule has 0 aromatic heterocycles. The molecule has 0 saturated carbocycles. The monoisotopic (exact) mass is 171 g/mol. The van der Waals surface area contributed by atoms with Gasteiger partial charge in [-0.25, -0.2) is 0 Å². The second-order valence-corrected chi connectivity index (χ2v) is 4.24. The van der Waals surface area contributed by atoms with Crippen molar-refractivity contribution in [2.24, 2.45) is 5.92 Å². The zero-order chi connectivity index (χ0) is 8.10. The summed E-state index contributed by atoms with van der Waals surface area (Å²) in [5, 5.41) is 3.20. The van der Waals surface area contributed by atoms with Gasteiger partial charge in [0.25, 0.3) is 0 Å². The summed E-state index contributed by atoms with van der Waals surface area (Å²) in [5.74, 6) is 3.52. The fourth-order valence-electron chi connectivity index (χ4n) is 1.12. The Balaban J connectivity index is 2.22. The van der Waals surface area contributed by atoms with Gasteiger partial charge in [0.1, 0.15) is 0 Å². The van der Waals surface area contributed by atoms with Gasteiger partial charge >= 0.3 is 0 Å². The van der Waals surface area contributed by atoms with Crippen LogP contribution in [0.15, 0.2) is 12.2 Å². The van der Waals surface area contributed by atoms with Crippen LogP contribution in [0.4, 0.5) is 0 Å². The second-order valence-electron chi connectivity index (χ2n) is 3.09. The quantitative estimate of drug-likeness (QED) is 0.651. The van der Waals surface area contributed by atoms with Gasteiger partial charge in [0, 0.05) is 6.04 Å². The molecule has 0 radical (unpaired) electrons. The van der Waals surface area contributed by atoms with Crippen molar-refractivity contribution in [3.05, 3.63) is 12.2 Å². The lowest BCUT2D eigenvalue weighted by molar-refractivity contribution is 0.700. The molecule has 11 heavy (non-hydrogen) atoms. The van der Waals surface area contributed by atoms with Gasteiger partial charge in [0.15, 0.2) is 0 Å². The van der Waals surface area contributed by atoms with Crippen molar-refractivity contribution in [1.29, 1.82) is 0 Å². The molecule has 1 rings (SSSR count). The summed E-state index contributed by atoms with van der Waals surface area (Å²) in [6, 6.07) is 0.528. The highest BCUT2D eigenvalue weighted by Crippen LogP contribution is 2.24. The van der Waals surface area contributed by atoms with Crippen LogP contribution in [-0.4, -0.2) is 24.6 Å². The SMILES string of the molecule is CNC(C)/C=C/C1CCSC1. The van der Waals surface area contributed by atoms with E-state index in [0.29, 0.717) is 6.04 Å². The van der Waals surface area contributed by atoms with Gasteiger partial charge in [-0.2, -0.15) is 11.8 Å². The van der Waals surface area contributed by atoms with E-state index in [9.17, 15) is 0 Å². The van der Waals surface area contributed by atoms with Crippen LogP contribution in [0.2, 0.25) is 0 Å². The Morgan fingerprint density at radius 2 is 2.45 bits per heavy atom. The van der Waals surface area contributed by atoms with Crippen molar-refractivity contribution >= 4 is 11.8 Å². The molecular weight excluding hydrogens is 154 g/mol. The number of allylic oxidation sites excluding steroid dienone is 1. The minimum absolute atomic E-state index is 0.528. The van der Waals surface area contributed by atoms with Crippen LogP contribution in [0.1, 0.15) is 13.3 Å². The molecule has 1 saturated heterocycles. The number of hydrogen-bond acceptors (Lipinski definition) is 2. The summed E-state index contributed by atoms with van der Waals surface area (Å²) < 4.78 is 0. The molecule has 0 aliphatic carbocycles. The zero-order valence-electron chi connectivity index (χ0n) is 7.34. The topological polar surface area (TPSA) is 12.0 Å². The van der Waals surface area contributed by atoms with Crippen LogP contribution >= 0.6 is 11.8 Å². The van der Waals surface area contributed by atoms with Gasteiger partial charge in [0.05, 0.1) is 0 Å². The predicted molar refractivity (Wildman–Crippen MR) is 53.1 cm³/mol. The molecule has 1 aliphatic heterocycles. The van der Waals surface area contributed by atoms with Crippen molar-refractivity contribution in [3.63, 3.8) is 0 Å². The summed E-state index contributed by atoms with van der Waals surface area (Å²) >= 11 is 2.07. The first-order chi connectivity index (χ1) is 5.33. The Bertz CT molecular complexity index is 128. The molecule has 1 aliphatic rings. The third-order valence-corrected chi connectivity index (χ3v) is 3.28. The van der Waals surface area contributed by atoms with Crippen molar-refractivity contribution in [3.8, 4) is 0 Å². The molecule has 64 valence electrons. The molecule has 2 atom stereocenters. The van der Waals surface area contributed by atoms with E-state index in [0.717, 1.165) is 5.92 Å². The summed E-state index contributed by atoms with van der Waals surface area (Å²) in [4.78, 5) is 0. The van der Waals surface area contributed by atoms with Crippen LogP contribution < -0.4 is 5.32 Å².